The second kappa shape index (κ2) is 7.51. The highest BCUT2D eigenvalue weighted by Crippen LogP contribution is 2.68. The first-order chi connectivity index (χ1) is 13.7. The maximum Gasteiger partial charge on any atom is 0.305 e. The van der Waals surface area contributed by atoms with Gasteiger partial charge in [-0.1, -0.05) is 26.3 Å². The fourth-order valence-corrected chi connectivity index (χ4v) is 7.68. The predicted octanol–water partition coefficient (Wildman–Crippen LogP) is 4.98. The first-order valence-corrected chi connectivity index (χ1v) is 11.9. The molecule has 4 heteroatoms. The van der Waals surface area contributed by atoms with Crippen LogP contribution in [0.25, 0.3) is 0 Å². The lowest BCUT2D eigenvalue weighted by molar-refractivity contribution is -0.151. The maximum absolute atomic E-state index is 12.1. The maximum atomic E-state index is 12.1. The molecule has 0 spiro atoms. The molecule has 0 bridgehead atoms. The van der Waals surface area contributed by atoms with E-state index in [-0.39, 0.29) is 16.8 Å². The van der Waals surface area contributed by atoms with E-state index in [0.29, 0.717) is 49.4 Å². The molecule has 0 radical (unpaired) electrons. The second-order valence-corrected chi connectivity index (χ2v) is 10.7. The van der Waals surface area contributed by atoms with Crippen molar-refractivity contribution in [3.8, 4) is 0 Å². The Hall–Kier alpha value is -1.16. The van der Waals surface area contributed by atoms with Gasteiger partial charge in [-0.3, -0.25) is 9.59 Å². The second-order valence-electron chi connectivity index (χ2n) is 10.7. The van der Waals surface area contributed by atoms with Gasteiger partial charge in [0, 0.05) is 12.8 Å². The van der Waals surface area contributed by atoms with Crippen molar-refractivity contribution in [2.24, 2.45) is 28.6 Å². The topological polar surface area (TPSA) is 63.6 Å². The molecule has 29 heavy (non-hydrogen) atoms. The van der Waals surface area contributed by atoms with Crippen LogP contribution in [0.2, 0.25) is 0 Å². The Morgan fingerprint density at radius 1 is 1.14 bits per heavy atom. The van der Waals surface area contributed by atoms with Gasteiger partial charge in [0.2, 0.25) is 0 Å². The molecule has 4 nitrogen and oxygen atoms in total. The van der Waals surface area contributed by atoms with E-state index >= 15 is 0 Å². The molecular weight excluding hydrogens is 364 g/mol. The van der Waals surface area contributed by atoms with Gasteiger partial charge in [0.25, 0.3) is 0 Å². The van der Waals surface area contributed by atoms with E-state index in [4.69, 9.17) is 4.74 Å². The molecule has 0 unspecified atom stereocenters. The Kier molecular flexibility index (Phi) is 5.46. The molecule has 0 aromatic rings. The summed E-state index contributed by atoms with van der Waals surface area (Å²) in [6.45, 7) is 7.15. The molecule has 3 fully saturated rings. The number of hydrogen-bond acceptors (Lipinski definition) is 4. The summed E-state index contributed by atoms with van der Waals surface area (Å²) in [6, 6.07) is 0. The summed E-state index contributed by atoms with van der Waals surface area (Å²) in [6.07, 6.45) is 11.5. The minimum atomic E-state index is -0.757. The zero-order valence-electron chi connectivity index (χ0n) is 18.5. The number of esters is 1. The molecule has 162 valence electrons. The molecule has 0 heterocycles. The first kappa shape index (κ1) is 21.1. The third-order valence-corrected chi connectivity index (χ3v) is 9.49. The van der Waals surface area contributed by atoms with Gasteiger partial charge in [-0.25, -0.2) is 0 Å². The summed E-state index contributed by atoms with van der Waals surface area (Å²) in [7, 11) is 0. The molecule has 0 aromatic carbocycles. The zero-order chi connectivity index (χ0) is 20.9. The molecule has 4 aliphatic rings. The van der Waals surface area contributed by atoms with Gasteiger partial charge < -0.3 is 9.84 Å². The van der Waals surface area contributed by atoms with Gasteiger partial charge in [0.1, 0.15) is 0 Å². The number of carbonyl (C=O) groups excluding carboxylic acids is 2. The zero-order valence-corrected chi connectivity index (χ0v) is 18.5. The summed E-state index contributed by atoms with van der Waals surface area (Å²) in [5.41, 5.74) is 0.697. The van der Waals surface area contributed by atoms with E-state index in [2.05, 4.69) is 13.8 Å². The largest absolute Gasteiger partial charge is 0.466 e. The molecule has 4 aliphatic carbocycles. The van der Waals surface area contributed by atoms with Crippen molar-refractivity contribution < 1.29 is 19.4 Å². The van der Waals surface area contributed by atoms with Crippen LogP contribution in [0.1, 0.15) is 91.4 Å². The first-order valence-electron chi connectivity index (χ1n) is 11.9. The third-order valence-electron chi connectivity index (χ3n) is 9.49. The molecule has 4 rings (SSSR count). The quantitative estimate of drug-likeness (QED) is 0.659. The molecule has 0 amide bonds. The average Bonchev–Trinajstić information content (AvgIpc) is 2.97. The van der Waals surface area contributed by atoms with Gasteiger partial charge in [-0.2, -0.15) is 0 Å². The van der Waals surface area contributed by atoms with Gasteiger partial charge in [-0.05, 0) is 92.4 Å². The van der Waals surface area contributed by atoms with Crippen molar-refractivity contribution in [2.75, 3.05) is 6.61 Å². The van der Waals surface area contributed by atoms with Crippen LogP contribution in [-0.2, 0) is 14.3 Å². The monoisotopic (exact) mass is 402 g/mol. The van der Waals surface area contributed by atoms with E-state index < -0.39 is 5.60 Å². The summed E-state index contributed by atoms with van der Waals surface area (Å²) in [5, 5.41) is 11.7. The Balaban J connectivity index is 1.51. The van der Waals surface area contributed by atoms with Crippen molar-refractivity contribution in [1.29, 1.82) is 0 Å². The molecular formula is C25H38O4. The van der Waals surface area contributed by atoms with Crippen molar-refractivity contribution >= 4 is 11.8 Å². The van der Waals surface area contributed by atoms with Gasteiger partial charge in [0.15, 0.2) is 5.78 Å². The number of ketones is 1. The summed E-state index contributed by atoms with van der Waals surface area (Å²) in [4.78, 5) is 24.0. The van der Waals surface area contributed by atoms with Crippen LogP contribution < -0.4 is 0 Å². The van der Waals surface area contributed by atoms with Crippen LogP contribution in [0.15, 0.2) is 11.6 Å². The summed E-state index contributed by atoms with van der Waals surface area (Å²) < 4.78 is 5.25. The van der Waals surface area contributed by atoms with Gasteiger partial charge in [-0.15, -0.1) is 0 Å². The van der Waals surface area contributed by atoms with Crippen molar-refractivity contribution in [3.63, 3.8) is 0 Å². The SMILES string of the molecule is CCCOC(=O)CC[C@@]1(O)CC[C@H]2[C@@H]3CCC4=CC(=O)CC[C@]4(C)[C@H]3CC[C@@]21C. The van der Waals surface area contributed by atoms with Crippen LogP contribution >= 0.6 is 0 Å². The average molecular weight is 403 g/mol. The molecule has 0 aliphatic heterocycles. The van der Waals surface area contributed by atoms with Gasteiger partial charge in [0.05, 0.1) is 12.2 Å². The highest BCUT2D eigenvalue weighted by molar-refractivity contribution is 5.91. The molecule has 1 N–H and O–H groups in total. The van der Waals surface area contributed by atoms with Crippen molar-refractivity contribution in [1.82, 2.24) is 0 Å². The van der Waals surface area contributed by atoms with Crippen LogP contribution in [0.3, 0.4) is 0 Å². The summed E-state index contributed by atoms with van der Waals surface area (Å²) in [5.74, 6) is 1.92. The lowest BCUT2D eigenvalue weighted by Crippen LogP contribution is -2.54. The number of carbonyl (C=O) groups is 2. The number of rotatable bonds is 5. The van der Waals surface area contributed by atoms with E-state index in [1.807, 2.05) is 13.0 Å². The Labute approximate surface area is 175 Å². The van der Waals surface area contributed by atoms with E-state index in [9.17, 15) is 14.7 Å². The number of fused-ring (bicyclic) bond motifs is 5. The number of hydrogen-bond donors (Lipinski definition) is 1. The van der Waals surface area contributed by atoms with Crippen molar-refractivity contribution in [3.05, 3.63) is 11.6 Å². The highest BCUT2D eigenvalue weighted by Gasteiger charge is 2.63. The summed E-state index contributed by atoms with van der Waals surface area (Å²) >= 11 is 0. The van der Waals surface area contributed by atoms with Crippen LogP contribution in [0.5, 0.6) is 0 Å². The molecule has 0 saturated heterocycles. The van der Waals surface area contributed by atoms with E-state index in [0.717, 1.165) is 51.4 Å². The molecule has 6 atom stereocenters. The smallest absolute Gasteiger partial charge is 0.305 e. The van der Waals surface area contributed by atoms with E-state index in [1.165, 1.54) is 5.57 Å². The fourth-order valence-electron chi connectivity index (χ4n) is 7.68. The molecule has 3 saturated carbocycles. The minimum Gasteiger partial charge on any atom is -0.466 e. The predicted molar refractivity (Wildman–Crippen MR) is 112 cm³/mol. The standard InChI is InChI=1S/C25H38O4/c1-4-15-29-22(27)10-14-25(28)13-9-21-19-6-5-17-16-18(26)7-11-23(17,2)20(19)8-12-24(21,25)3/h16,19-21,28H,4-15H2,1-3H3/t19-,20+,21+,23+,24+,25+/m1/s1. The van der Waals surface area contributed by atoms with Crippen LogP contribution in [0.4, 0.5) is 0 Å². The van der Waals surface area contributed by atoms with Crippen LogP contribution in [0, 0.1) is 28.6 Å². The fraction of sp³-hybridized carbons (Fsp3) is 0.840. The minimum absolute atomic E-state index is 0.110. The number of allylic oxidation sites excluding steroid dienone is 1. The Morgan fingerprint density at radius 3 is 2.66 bits per heavy atom. The number of ether oxygens (including phenoxy) is 1. The van der Waals surface area contributed by atoms with Crippen molar-refractivity contribution in [2.45, 2.75) is 97.0 Å². The number of aliphatic hydroxyl groups is 1. The lowest BCUT2D eigenvalue weighted by Gasteiger charge is -2.59. The lowest BCUT2D eigenvalue weighted by atomic mass is 9.46. The Bertz CT molecular complexity index is 712. The van der Waals surface area contributed by atoms with E-state index in [1.54, 1.807) is 0 Å². The van der Waals surface area contributed by atoms with Gasteiger partial charge >= 0.3 is 5.97 Å². The third kappa shape index (κ3) is 3.30. The van der Waals surface area contributed by atoms with Crippen LogP contribution in [-0.4, -0.2) is 29.1 Å². The highest BCUT2D eigenvalue weighted by atomic mass is 16.5. The molecule has 0 aromatic heterocycles. The Morgan fingerprint density at radius 2 is 1.90 bits per heavy atom. The normalized spacial score (nSPS) is 43.8.